The van der Waals surface area contributed by atoms with Crippen molar-refractivity contribution in [2.45, 2.75) is 32.0 Å². The third-order valence-electron chi connectivity index (χ3n) is 5.45. The topological polar surface area (TPSA) is 86.1 Å². The summed E-state index contributed by atoms with van der Waals surface area (Å²) >= 11 is 0. The van der Waals surface area contributed by atoms with Crippen LogP contribution in [0.5, 0.6) is 0 Å². The Bertz CT molecular complexity index is 893. The van der Waals surface area contributed by atoms with Gasteiger partial charge >= 0.3 is 0 Å². The molecule has 0 aromatic carbocycles. The van der Waals surface area contributed by atoms with Gasteiger partial charge in [-0.1, -0.05) is 49.6 Å². The van der Waals surface area contributed by atoms with E-state index in [-0.39, 0.29) is 6.10 Å². The molecule has 31 heavy (non-hydrogen) atoms. The van der Waals surface area contributed by atoms with Crippen LogP contribution < -0.4 is 16.4 Å². The maximum atomic E-state index is 9.89. The summed E-state index contributed by atoms with van der Waals surface area (Å²) in [6.07, 6.45) is 17.9. The van der Waals surface area contributed by atoms with E-state index < -0.39 is 0 Å². The summed E-state index contributed by atoms with van der Waals surface area (Å²) in [5.74, 6) is 0.371. The first-order valence-electron chi connectivity index (χ1n) is 10.8. The van der Waals surface area contributed by atoms with Crippen molar-refractivity contribution in [1.82, 2.24) is 15.6 Å². The fourth-order valence-electron chi connectivity index (χ4n) is 3.66. The molecule has 0 radical (unpaired) electrons. The summed E-state index contributed by atoms with van der Waals surface area (Å²) in [5.41, 5.74) is 13.5. The van der Waals surface area contributed by atoms with Gasteiger partial charge in [0.25, 0.3) is 0 Å². The molecule has 3 heterocycles. The Balaban J connectivity index is 0.000000208. The molecule has 166 valence electrons. The lowest BCUT2D eigenvalue weighted by Gasteiger charge is -2.31. The number of hydrogen-bond donors (Lipinski definition) is 5. The molecule has 0 bridgehead atoms. The van der Waals surface area contributed by atoms with Gasteiger partial charge in [0.05, 0.1) is 6.10 Å². The van der Waals surface area contributed by atoms with Gasteiger partial charge in [-0.05, 0) is 49.8 Å². The Hall–Kier alpha value is -2.66. The predicted octanol–water partition coefficient (Wildman–Crippen LogP) is 3.24. The summed E-state index contributed by atoms with van der Waals surface area (Å²) in [5, 5.41) is 16.5. The molecular weight excluding hydrogens is 384 g/mol. The van der Waals surface area contributed by atoms with Gasteiger partial charge in [-0.25, -0.2) is 0 Å². The number of hydrogen-bond acceptors (Lipinski definition) is 4. The highest BCUT2D eigenvalue weighted by molar-refractivity contribution is 5.67. The van der Waals surface area contributed by atoms with Crippen molar-refractivity contribution >= 4 is 12.2 Å². The maximum absolute atomic E-state index is 9.89. The molecule has 2 aliphatic heterocycles. The van der Waals surface area contributed by atoms with E-state index in [4.69, 9.17) is 0 Å². The van der Waals surface area contributed by atoms with Crippen LogP contribution >= 0.6 is 0 Å². The number of aliphatic hydroxyl groups excluding tert-OH is 1. The highest BCUT2D eigenvalue weighted by Gasteiger charge is 2.26. The van der Waals surface area contributed by atoms with Crippen LogP contribution in [0, 0.1) is 5.92 Å². The zero-order chi connectivity index (χ0) is 22.6. The Labute approximate surface area is 186 Å². The molecule has 5 nitrogen and oxygen atoms in total. The second-order valence-electron chi connectivity index (χ2n) is 7.59. The molecule has 5 heteroatoms. The number of nitrogens with one attached hydrogen (secondary N) is 3. The zero-order valence-corrected chi connectivity index (χ0v) is 18.7. The monoisotopic (exact) mass is 420 g/mol. The number of rotatable bonds is 5. The Morgan fingerprint density at radius 3 is 2.68 bits per heavy atom. The quantitative estimate of drug-likeness (QED) is 0.374. The molecule has 0 amide bonds. The SMILES string of the molecule is C=C/C=C\c1[nH]c2c(c1C=C)CC(C)NC2.CN.OC(C1=CC=CC=C=C1)C1CNC1. The Morgan fingerprint density at radius 2 is 2.03 bits per heavy atom. The van der Waals surface area contributed by atoms with Gasteiger partial charge in [-0.3, -0.25) is 0 Å². The summed E-state index contributed by atoms with van der Waals surface area (Å²) in [7, 11) is 1.50. The lowest BCUT2D eigenvalue weighted by Crippen LogP contribution is -2.48. The van der Waals surface area contributed by atoms with E-state index in [1.807, 2.05) is 48.6 Å². The van der Waals surface area contributed by atoms with Crippen molar-refractivity contribution in [3.8, 4) is 0 Å². The number of allylic oxidation sites excluding steroid dienone is 5. The van der Waals surface area contributed by atoms with Gasteiger partial charge in [0.1, 0.15) is 0 Å². The van der Waals surface area contributed by atoms with Gasteiger partial charge < -0.3 is 26.5 Å². The van der Waals surface area contributed by atoms with Crippen molar-refractivity contribution in [3.05, 3.63) is 89.5 Å². The molecule has 1 aromatic heterocycles. The minimum Gasteiger partial charge on any atom is -0.388 e. The average molecular weight is 421 g/mol. The first-order valence-corrected chi connectivity index (χ1v) is 10.8. The minimum absolute atomic E-state index is 0.343. The van der Waals surface area contributed by atoms with Gasteiger partial charge in [-0.15, -0.1) is 5.73 Å². The van der Waals surface area contributed by atoms with Crippen molar-refractivity contribution in [3.63, 3.8) is 0 Å². The van der Waals surface area contributed by atoms with Gasteiger partial charge in [0, 0.05) is 48.5 Å². The summed E-state index contributed by atoms with van der Waals surface area (Å²) in [6.45, 7) is 12.6. The van der Waals surface area contributed by atoms with Crippen LogP contribution in [0.25, 0.3) is 12.2 Å². The van der Waals surface area contributed by atoms with E-state index >= 15 is 0 Å². The van der Waals surface area contributed by atoms with Crippen molar-refractivity contribution < 1.29 is 5.11 Å². The highest BCUT2D eigenvalue weighted by atomic mass is 16.3. The van der Waals surface area contributed by atoms with Crippen LogP contribution in [-0.4, -0.2) is 42.4 Å². The number of aliphatic hydroxyl groups is 1. The average Bonchev–Trinajstić information content (AvgIpc) is 2.91. The van der Waals surface area contributed by atoms with E-state index in [0.29, 0.717) is 12.0 Å². The molecule has 0 saturated carbocycles. The molecule has 2 atom stereocenters. The molecule has 3 aliphatic rings. The molecule has 1 aromatic rings. The third-order valence-corrected chi connectivity index (χ3v) is 5.45. The summed E-state index contributed by atoms with van der Waals surface area (Å²) < 4.78 is 0. The molecule has 2 unspecified atom stereocenters. The predicted molar refractivity (Wildman–Crippen MR) is 132 cm³/mol. The largest absolute Gasteiger partial charge is 0.388 e. The van der Waals surface area contributed by atoms with Gasteiger partial charge in [-0.2, -0.15) is 0 Å². The fraction of sp³-hybridized carbons (Fsp3) is 0.346. The second kappa shape index (κ2) is 12.9. The van der Waals surface area contributed by atoms with Gasteiger partial charge in [0.2, 0.25) is 0 Å². The van der Waals surface area contributed by atoms with Gasteiger partial charge in [0.15, 0.2) is 0 Å². The molecule has 6 N–H and O–H groups in total. The van der Waals surface area contributed by atoms with Crippen molar-refractivity contribution in [2.24, 2.45) is 11.7 Å². The van der Waals surface area contributed by atoms with Crippen LogP contribution in [0.1, 0.15) is 29.4 Å². The van der Waals surface area contributed by atoms with E-state index in [1.165, 1.54) is 23.9 Å². The van der Waals surface area contributed by atoms with Crippen LogP contribution in [0.3, 0.4) is 0 Å². The number of aromatic nitrogens is 1. The molecule has 4 rings (SSSR count). The Morgan fingerprint density at radius 1 is 1.26 bits per heavy atom. The highest BCUT2D eigenvalue weighted by Crippen LogP contribution is 2.26. The van der Waals surface area contributed by atoms with Crippen LogP contribution in [0.2, 0.25) is 0 Å². The van der Waals surface area contributed by atoms with E-state index in [1.54, 1.807) is 6.08 Å². The number of fused-ring (bicyclic) bond motifs is 1. The number of H-pyrrole nitrogens is 1. The van der Waals surface area contributed by atoms with E-state index in [0.717, 1.165) is 37.3 Å². The van der Waals surface area contributed by atoms with Crippen LogP contribution in [-0.2, 0) is 13.0 Å². The summed E-state index contributed by atoms with van der Waals surface area (Å²) in [6, 6.07) is 0.540. The Kier molecular flexibility index (Phi) is 10.2. The minimum atomic E-state index is -0.343. The number of nitrogens with two attached hydrogens (primary N) is 1. The molecular formula is C26H36N4O. The lowest BCUT2D eigenvalue weighted by atomic mass is 9.90. The fourth-order valence-corrected chi connectivity index (χ4v) is 3.66. The number of aromatic amines is 1. The lowest BCUT2D eigenvalue weighted by molar-refractivity contribution is 0.109. The van der Waals surface area contributed by atoms with Crippen LogP contribution in [0.4, 0.5) is 0 Å². The summed E-state index contributed by atoms with van der Waals surface area (Å²) in [4.78, 5) is 3.44. The zero-order valence-electron chi connectivity index (χ0n) is 18.7. The standard InChI is InChI=1S/C14H18N2.C11H13NO.CH5N/c1-4-6-7-13-11(5-2)12-8-10(3)15-9-14(12)16-13;13-11(10-7-12-8-10)9-5-3-1-2-4-6-9;1-2/h4-7,10,15-16H,1-2,8-9H2,3H3;1-3,5-6,10-13H,7-8H2;2H2,1H3/b7-6-;;. The normalized spacial score (nSPS) is 20.3. The smallest absolute Gasteiger partial charge is 0.0848 e. The van der Waals surface area contributed by atoms with E-state index in [2.05, 4.69) is 47.2 Å². The van der Waals surface area contributed by atoms with Crippen molar-refractivity contribution in [1.29, 1.82) is 0 Å². The van der Waals surface area contributed by atoms with Crippen LogP contribution in [0.15, 0.2) is 67.0 Å². The molecule has 1 fully saturated rings. The second-order valence-corrected chi connectivity index (χ2v) is 7.59. The first-order chi connectivity index (χ1) is 15.1. The maximum Gasteiger partial charge on any atom is 0.0848 e. The first kappa shape index (κ1) is 24.6. The molecule has 1 saturated heterocycles. The van der Waals surface area contributed by atoms with Crippen molar-refractivity contribution in [2.75, 3.05) is 20.1 Å². The third kappa shape index (κ3) is 6.66. The molecule has 1 aliphatic carbocycles. The molecule has 0 spiro atoms. The van der Waals surface area contributed by atoms with E-state index in [9.17, 15) is 5.11 Å².